The number of para-hydroxylation sites is 1. The number of hydrogen-bond acceptors (Lipinski definition) is 7. The minimum absolute atomic E-state index is 0.0262. The van der Waals surface area contributed by atoms with E-state index in [4.69, 9.17) is 21.6 Å². The number of nitrogens with one attached hydrogen (secondary N) is 1. The first-order valence-corrected chi connectivity index (χ1v) is 11.7. The highest BCUT2D eigenvalue weighted by atomic mass is 35.5. The highest BCUT2D eigenvalue weighted by molar-refractivity contribution is 7.92. The number of ether oxygens (including phenoxy) is 1. The Labute approximate surface area is 193 Å². The number of amides is 1. The third kappa shape index (κ3) is 5.08. The normalized spacial score (nSPS) is 10.8. The average Bonchev–Trinajstić information content (AvgIpc) is 3.24. The van der Waals surface area contributed by atoms with Gasteiger partial charge in [-0.05, 0) is 41.8 Å². The van der Waals surface area contributed by atoms with Gasteiger partial charge < -0.3 is 10.1 Å². The SMILES string of the molecule is CN(c1ccccc1)S(=O)(=O)c1ccc(Cl)c(C(=O)OCC(=O)Nc2sccc2C#N)c1. The van der Waals surface area contributed by atoms with Crippen molar-refractivity contribution < 1.29 is 22.7 Å². The number of anilines is 2. The van der Waals surface area contributed by atoms with Crippen LogP contribution in [0.25, 0.3) is 0 Å². The molecule has 0 atom stereocenters. The van der Waals surface area contributed by atoms with Gasteiger partial charge in [-0.2, -0.15) is 5.26 Å². The molecule has 0 aliphatic heterocycles. The molecule has 0 saturated carbocycles. The summed E-state index contributed by atoms with van der Waals surface area (Å²) in [5, 5.41) is 13.4. The van der Waals surface area contributed by atoms with Crippen molar-refractivity contribution in [2.75, 3.05) is 23.3 Å². The standard InChI is InChI=1S/C21H16ClN3O5S2/c1-25(15-5-3-2-4-6-15)32(28,29)16-7-8-18(22)17(11-16)21(27)30-13-19(26)24-20-14(12-23)9-10-31-20/h2-11H,13H2,1H3,(H,24,26). The molecule has 0 fully saturated rings. The molecule has 2 aromatic carbocycles. The predicted molar refractivity (Wildman–Crippen MR) is 121 cm³/mol. The lowest BCUT2D eigenvalue weighted by atomic mass is 10.2. The van der Waals surface area contributed by atoms with Gasteiger partial charge in [0.25, 0.3) is 15.9 Å². The van der Waals surface area contributed by atoms with E-state index in [1.165, 1.54) is 19.2 Å². The molecule has 0 aliphatic rings. The van der Waals surface area contributed by atoms with Crippen molar-refractivity contribution in [3.63, 3.8) is 0 Å². The summed E-state index contributed by atoms with van der Waals surface area (Å²) in [7, 11) is -2.59. The van der Waals surface area contributed by atoms with Crippen LogP contribution < -0.4 is 9.62 Å². The van der Waals surface area contributed by atoms with Crippen LogP contribution in [0.4, 0.5) is 10.7 Å². The minimum Gasteiger partial charge on any atom is -0.452 e. The second-order valence-corrected chi connectivity index (χ2v) is 9.64. The van der Waals surface area contributed by atoms with E-state index in [1.807, 2.05) is 6.07 Å². The number of nitriles is 1. The zero-order valence-corrected chi connectivity index (χ0v) is 19.0. The van der Waals surface area contributed by atoms with Gasteiger partial charge in [0.2, 0.25) is 0 Å². The fourth-order valence-corrected chi connectivity index (χ4v) is 4.79. The van der Waals surface area contributed by atoms with Crippen molar-refractivity contribution >= 4 is 55.5 Å². The first-order chi connectivity index (χ1) is 15.2. The molecule has 0 bridgehead atoms. The van der Waals surface area contributed by atoms with Crippen LogP contribution in [0.15, 0.2) is 64.9 Å². The van der Waals surface area contributed by atoms with Gasteiger partial charge in [-0.25, -0.2) is 13.2 Å². The third-order valence-electron chi connectivity index (χ3n) is 4.31. The molecule has 1 heterocycles. The Kier molecular flexibility index (Phi) is 7.15. The van der Waals surface area contributed by atoms with Gasteiger partial charge in [0.1, 0.15) is 11.1 Å². The van der Waals surface area contributed by atoms with Crippen molar-refractivity contribution in [1.29, 1.82) is 5.26 Å². The molecule has 0 radical (unpaired) electrons. The molecular formula is C21H16ClN3O5S2. The Morgan fingerprint density at radius 3 is 2.59 bits per heavy atom. The monoisotopic (exact) mass is 489 g/mol. The predicted octanol–water partition coefficient (Wildman–Crippen LogP) is 3.89. The largest absolute Gasteiger partial charge is 0.452 e. The number of thiophene rings is 1. The van der Waals surface area contributed by atoms with E-state index in [0.717, 1.165) is 21.7 Å². The fourth-order valence-electron chi connectivity index (χ4n) is 2.62. The lowest BCUT2D eigenvalue weighted by Gasteiger charge is -2.20. The summed E-state index contributed by atoms with van der Waals surface area (Å²) in [5.41, 5.74) is 0.530. The number of rotatable bonds is 7. The smallest absolute Gasteiger partial charge is 0.340 e. The van der Waals surface area contributed by atoms with E-state index in [0.29, 0.717) is 10.7 Å². The summed E-state index contributed by atoms with van der Waals surface area (Å²) in [5.74, 6) is -1.61. The topological polar surface area (TPSA) is 117 Å². The van der Waals surface area contributed by atoms with Crippen molar-refractivity contribution in [3.05, 3.63) is 76.1 Å². The Bertz CT molecular complexity index is 1300. The number of halogens is 1. The van der Waals surface area contributed by atoms with Crippen LogP contribution in [0.5, 0.6) is 0 Å². The average molecular weight is 490 g/mol. The van der Waals surface area contributed by atoms with Crippen molar-refractivity contribution in [3.8, 4) is 6.07 Å². The van der Waals surface area contributed by atoms with Gasteiger partial charge in [-0.3, -0.25) is 9.10 Å². The summed E-state index contributed by atoms with van der Waals surface area (Å²) in [4.78, 5) is 24.3. The maximum atomic E-state index is 13.0. The highest BCUT2D eigenvalue weighted by Gasteiger charge is 2.24. The van der Waals surface area contributed by atoms with E-state index < -0.39 is 28.5 Å². The molecule has 32 heavy (non-hydrogen) atoms. The summed E-state index contributed by atoms with van der Waals surface area (Å²) in [6.07, 6.45) is 0. The Hall–Kier alpha value is -3.39. The molecule has 164 valence electrons. The molecule has 11 heteroatoms. The first kappa shape index (κ1) is 23.3. The van der Waals surface area contributed by atoms with Gasteiger partial charge in [0, 0.05) is 7.05 Å². The molecule has 8 nitrogen and oxygen atoms in total. The van der Waals surface area contributed by atoms with Gasteiger partial charge >= 0.3 is 5.97 Å². The van der Waals surface area contributed by atoms with Crippen LogP contribution in [0.1, 0.15) is 15.9 Å². The van der Waals surface area contributed by atoms with E-state index in [9.17, 15) is 18.0 Å². The van der Waals surface area contributed by atoms with Crippen LogP contribution in [-0.2, 0) is 19.6 Å². The number of carbonyl (C=O) groups is 2. The number of benzene rings is 2. The van der Waals surface area contributed by atoms with Gasteiger partial charge in [0.15, 0.2) is 6.61 Å². The molecule has 1 N–H and O–H groups in total. The molecule has 0 spiro atoms. The number of esters is 1. The van der Waals surface area contributed by atoms with Crippen LogP contribution in [-0.4, -0.2) is 33.9 Å². The summed E-state index contributed by atoms with van der Waals surface area (Å²) in [6.45, 7) is -0.640. The zero-order valence-electron chi connectivity index (χ0n) is 16.6. The van der Waals surface area contributed by atoms with Crippen molar-refractivity contribution in [2.45, 2.75) is 4.90 Å². The molecule has 1 amide bonds. The number of sulfonamides is 1. The highest BCUT2D eigenvalue weighted by Crippen LogP contribution is 2.26. The maximum absolute atomic E-state index is 13.0. The molecule has 3 rings (SSSR count). The fraction of sp³-hybridized carbons (Fsp3) is 0.0952. The van der Waals surface area contributed by atoms with Crippen molar-refractivity contribution in [1.82, 2.24) is 0 Å². The third-order valence-corrected chi connectivity index (χ3v) is 7.25. The number of hydrogen-bond donors (Lipinski definition) is 1. The molecular weight excluding hydrogens is 474 g/mol. The van der Waals surface area contributed by atoms with Crippen LogP contribution >= 0.6 is 22.9 Å². The maximum Gasteiger partial charge on any atom is 0.340 e. The second kappa shape index (κ2) is 9.82. The van der Waals surface area contributed by atoms with E-state index >= 15 is 0 Å². The summed E-state index contributed by atoms with van der Waals surface area (Å²) in [6, 6.07) is 15.6. The van der Waals surface area contributed by atoms with E-state index in [-0.39, 0.29) is 21.0 Å². The van der Waals surface area contributed by atoms with Crippen molar-refractivity contribution in [2.24, 2.45) is 0 Å². The second-order valence-electron chi connectivity index (χ2n) is 6.35. The Morgan fingerprint density at radius 2 is 1.91 bits per heavy atom. The summed E-state index contributed by atoms with van der Waals surface area (Å²) < 4.78 is 32.0. The zero-order chi connectivity index (χ0) is 23.3. The van der Waals surface area contributed by atoms with Gasteiger partial charge in [-0.1, -0.05) is 29.8 Å². The minimum atomic E-state index is -3.98. The molecule has 0 unspecified atom stereocenters. The van der Waals surface area contributed by atoms with Crippen LogP contribution in [0.2, 0.25) is 5.02 Å². The lowest BCUT2D eigenvalue weighted by Crippen LogP contribution is -2.27. The Morgan fingerprint density at radius 1 is 1.19 bits per heavy atom. The van der Waals surface area contributed by atoms with Crippen LogP contribution in [0.3, 0.4) is 0 Å². The molecule has 3 aromatic rings. The first-order valence-electron chi connectivity index (χ1n) is 9.02. The summed E-state index contributed by atoms with van der Waals surface area (Å²) >= 11 is 7.22. The van der Waals surface area contributed by atoms with Gasteiger partial charge in [0.05, 0.1) is 26.7 Å². The number of nitrogens with zero attached hydrogens (tertiary/aromatic N) is 2. The van der Waals surface area contributed by atoms with E-state index in [1.54, 1.807) is 41.8 Å². The quantitative estimate of drug-likeness (QED) is 0.503. The Balaban J connectivity index is 1.74. The number of carbonyl (C=O) groups excluding carboxylic acids is 2. The van der Waals surface area contributed by atoms with Crippen LogP contribution in [0, 0.1) is 11.3 Å². The molecule has 0 aliphatic carbocycles. The lowest BCUT2D eigenvalue weighted by molar-refractivity contribution is -0.119. The van der Waals surface area contributed by atoms with E-state index in [2.05, 4.69) is 5.32 Å². The molecule has 0 saturated heterocycles. The van der Waals surface area contributed by atoms with Gasteiger partial charge in [-0.15, -0.1) is 11.3 Å². The molecule has 1 aromatic heterocycles.